The van der Waals surface area contributed by atoms with Crippen molar-refractivity contribution in [3.05, 3.63) is 100 Å². The summed E-state index contributed by atoms with van der Waals surface area (Å²) in [7, 11) is 0. The maximum Gasteiger partial charge on any atom is 0.0557 e. The minimum Gasteiger partial charge on any atom is -0.297 e. The van der Waals surface area contributed by atoms with Gasteiger partial charge in [0.25, 0.3) is 0 Å². The van der Waals surface area contributed by atoms with Crippen molar-refractivity contribution in [3.8, 4) is 0 Å². The number of piperazine rings is 1. The van der Waals surface area contributed by atoms with Crippen molar-refractivity contribution in [1.82, 2.24) is 14.8 Å². The summed E-state index contributed by atoms with van der Waals surface area (Å²) in [5.41, 5.74) is 8.48. The highest BCUT2D eigenvalue weighted by Crippen LogP contribution is 2.42. The lowest BCUT2D eigenvalue weighted by Crippen LogP contribution is -2.56. The third-order valence-electron chi connectivity index (χ3n) is 7.40. The topological polar surface area (TPSA) is 19.4 Å². The van der Waals surface area contributed by atoms with E-state index < -0.39 is 0 Å². The zero-order valence-corrected chi connectivity index (χ0v) is 18.8. The summed E-state index contributed by atoms with van der Waals surface area (Å²) in [6.07, 6.45) is 5.42. The van der Waals surface area contributed by atoms with Gasteiger partial charge in [0.05, 0.1) is 5.54 Å². The first-order valence-electron chi connectivity index (χ1n) is 11.7. The smallest absolute Gasteiger partial charge is 0.0557 e. The van der Waals surface area contributed by atoms with Gasteiger partial charge < -0.3 is 0 Å². The van der Waals surface area contributed by atoms with Gasteiger partial charge >= 0.3 is 0 Å². The van der Waals surface area contributed by atoms with Crippen LogP contribution in [0.3, 0.4) is 0 Å². The molecule has 1 aliphatic heterocycles. The molecule has 2 aliphatic rings. The van der Waals surface area contributed by atoms with E-state index in [0.717, 1.165) is 57.7 Å². The number of rotatable bonds is 5. The average molecular weight is 412 g/mol. The third-order valence-corrected chi connectivity index (χ3v) is 7.40. The van der Waals surface area contributed by atoms with Crippen LogP contribution in [0.25, 0.3) is 0 Å². The quantitative estimate of drug-likeness (QED) is 0.603. The highest BCUT2D eigenvalue weighted by molar-refractivity contribution is 5.41. The monoisotopic (exact) mass is 411 g/mol. The van der Waals surface area contributed by atoms with Gasteiger partial charge in [-0.1, -0.05) is 61.5 Å². The van der Waals surface area contributed by atoms with E-state index in [2.05, 4.69) is 95.5 Å². The van der Waals surface area contributed by atoms with Crippen LogP contribution in [0, 0.1) is 6.92 Å². The fourth-order valence-electron chi connectivity index (χ4n) is 5.58. The molecule has 31 heavy (non-hydrogen) atoms. The first-order chi connectivity index (χ1) is 15.2. The van der Waals surface area contributed by atoms with Crippen LogP contribution in [0.4, 0.5) is 0 Å². The van der Waals surface area contributed by atoms with Crippen molar-refractivity contribution < 1.29 is 0 Å². The lowest BCUT2D eigenvalue weighted by atomic mass is 9.85. The molecule has 0 N–H and O–H groups in total. The normalized spacial score (nSPS) is 18.8. The van der Waals surface area contributed by atoms with Crippen LogP contribution in [-0.2, 0) is 31.3 Å². The zero-order valence-electron chi connectivity index (χ0n) is 18.8. The van der Waals surface area contributed by atoms with Crippen molar-refractivity contribution in [1.29, 1.82) is 0 Å². The maximum absolute atomic E-state index is 4.68. The molecule has 3 heteroatoms. The number of nitrogens with zero attached hydrogens (tertiary/aromatic N) is 3. The van der Waals surface area contributed by atoms with Crippen LogP contribution in [0.15, 0.2) is 66.9 Å². The number of benzene rings is 2. The van der Waals surface area contributed by atoms with Gasteiger partial charge in [-0.2, -0.15) is 0 Å². The molecule has 1 fully saturated rings. The van der Waals surface area contributed by atoms with Crippen molar-refractivity contribution in [3.63, 3.8) is 0 Å². The summed E-state index contributed by atoms with van der Waals surface area (Å²) in [4.78, 5) is 10.1. The summed E-state index contributed by atoms with van der Waals surface area (Å²) in [5.74, 6) is 0. The Hall–Kier alpha value is -2.49. The molecule has 2 aromatic carbocycles. The highest BCUT2D eigenvalue weighted by Gasteiger charge is 2.44. The van der Waals surface area contributed by atoms with Crippen molar-refractivity contribution in [2.75, 3.05) is 26.2 Å². The minimum atomic E-state index is 0.0395. The SMILES string of the molecule is CCc1ccccc1CN1CCN(C2(c3ccc(C)nc3)Cc3ccccc3C2)CC1. The van der Waals surface area contributed by atoms with Crippen LogP contribution in [0.5, 0.6) is 0 Å². The third kappa shape index (κ3) is 3.93. The Morgan fingerprint density at radius 2 is 1.45 bits per heavy atom. The Labute approximate surface area is 186 Å². The molecule has 0 bridgehead atoms. The number of aryl methyl sites for hydroxylation is 2. The first kappa shape index (κ1) is 20.4. The average Bonchev–Trinajstić information content (AvgIpc) is 3.21. The number of fused-ring (bicyclic) bond motifs is 1. The number of aromatic nitrogens is 1. The van der Waals surface area contributed by atoms with Gasteiger partial charge in [0.2, 0.25) is 0 Å². The highest BCUT2D eigenvalue weighted by atomic mass is 15.3. The van der Waals surface area contributed by atoms with Crippen LogP contribution in [-0.4, -0.2) is 41.0 Å². The van der Waals surface area contributed by atoms with E-state index in [9.17, 15) is 0 Å². The standard InChI is InChI=1S/C28H33N3/c1-3-23-8-4-7-11-26(23)21-30-14-16-31(17-15-30)28(27-13-12-22(2)29-20-27)18-24-9-5-6-10-25(24)19-28/h4-13,20H,3,14-19,21H2,1-2H3. The largest absolute Gasteiger partial charge is 0.297 e. The minimum absolute atomic E-state index is 0.0395. The molecule has 2 heterocycles. The fraction of sp³-hybridized carbons (Fsp3) is 0.393. The van der Waals surface area contributed by atoms with Gasteiger partial charge in [-0.15, -0.1) is 0 Å². The summed E-state index contributed by atoms with van der Waals surface area (Å²) < 4.78 is 0. The summed E-state index contributed by atoms with van der Waals surface area (Å²) >= 11 is 0. The summed E-state index contributed by atoms with van der Waals surface area (Å²) in [5, 5.41) is 0. The van der Waals surface area contributed by atoms with Gasteiger partial charge in [0.1, 0.15) is 0 Å². The predicted octanol–water partition coefficient (Wildman–Crippen LogP) is 4.76. The lowest BCUT2D eigenvalue weighted by Gasteiger charge is -2.46. The van der Waals surface area contributed by atoms with Crippen molar-refractivity contribution in [2.24, 2.45) is 0 Å². The number of hydrogen-bond donors (Lipinski definition) is 0. The van der Waals surface area contributed by atoms with Crippen LogP contribution < -0.4 is 0 Å². The van der Waals surface area contributed by atoms with E-state index >= 15 is 0 Å². The molecule has 1 saturated heterocycles. The lowest BCUT2D eigenvalue weighted by molar-refractivity contribution is 0.0313. The second-order valence-electron chi connectivity index (χ2n) is 9.23. The molecule has 3 aromatic rings. The van der Waals surface area contributed by atoms with E-state index in [1.54, 1.807) is 0 Å². The molecule has 0 spiro atoms. The van der Waals surface area contributed by atoms with Gasteiger partial charge in [-0.3, -0.25) is 14.8 Å². The van der Waals surface area contributed by atoms with E-state index in [1.165, 1.54) is 27.8 Å². The first-order valence-corrected chi connectivity index (χ1v) is 11.7. The Morgan fingerprint density at radius 3 is 2.06 bits per heavy atom. The Morgan fingerprint density at radius 1 is 0.806 bits per heavy atom. The van der Waals surface area contributed by atoms with Crippen LogP contribution >= 0.6 is 0 Å². The van der Waals surface area contributed by atoms with Crippen LogP contribution in [0.2, 0.25) is 0 Å². The molecule has 1 aliphatic carbocycles. The van der Waals surface area contributed by atoms with Gasteiger partial charge in [-0.25, -0.2) is 0 Å². The Bertz CT molecular complexity index is 1010. The second kappa shape index (κ2) is 8.57. The summed E-state index contributed by atoms with van der Waals surface area (Å²) in [6, 6.07) is 22.4. The summed E-state index contributed by atoms with van der Waals surface area (Å²) in [6.45, 7) is 9.86. The second-order valence-corrected chi connectivity index (χ2v) is 9.23. The fourth-order valence-corrected chi connectivity index (χ4v) is 5.58. The molecule has 1 aromatic heterocycles. The zero-order chi connectivity index (χ0) is 21.3. The number of pyridine rings is 1. The molecular formula is C28H33N3. The van der Waals surface area contributed by atoms with Crippen LogP contribution in [0.1, 0.15) is 40.4 Å². The van der Waals surface area contributed by atoms with Gasteiger partial charge in [0, 0.05) is 44.6 Å². The van der Waals surface area contributed by atoms with E-state index in [0.29, 0.717) is 0 Å². The number of hydrogen-bond acceptors (Lipinski definition) is 3. The molecule has 0 unspecified atom stereocenters. The maximum atomic E-state index is 4.68. The molecule has 0 radical (unpaired) electrons. The Kier molecular flexibility index (Phi) is 5.64. The molecule has 160 valence electrons. The van der Waals surface area contributed by atoms with E-state index in [1.807, 2.05) is 0 Å². The predicted molar refractivity (Wildman–Crippen MR) is 127 cm³/mol. The molecule has 0 amide bonds. The van der Waals surface area contributed by atoms with Gasteiger partial charge in [-0.05, 0) is 60.1 Å². The Balaban J connectivity index is 1.36. The molecule has 0 atom stereocenters. The molecule has 5 rings (SSSR count). The van der Waals surface area contributed by atoms with Crippen molar-refractivity contribution >= 4 is 0 Å². The van der Waals surface area contributed by atoms with E-state index in [-0.39, 0.29) is 5.54 Å². The molecular weight excluding hydrogens is 378 g/mol. The van der Waals surface area contributed by atoms with Gasteiger partial charge in [0.15, 0.2) is 0 Å². The molecule has 3 nitrogen and oxygen atoms in total. The van der Waals surface area contributed by atoms with Crippen molar-refractivity contribution in [2.45, 2.75) is 45.2 Å². The van der Waals surface area contributed by atoms with E-state index in [4.69, 9.17) is 0 Å². The molecule has 0 saturated carbocycles.